The summed E-state index contributed by atoms with van der Waals surface area (Å²) in [7, 11) is 0. The summed E-state index contributed by atoms with van der Waals surface area (Å²) in [5.41, 5.74) is 9.45. The van der Waals surface area contributed by atoms with E-state index in [1.54, 1.807) is 12.1 Å². The molecule has 0 aromatic heterocycles. The summed E-state index contributed by atoms with van der Waals surface area (Å²) in [5, 5.41) is 2.75. The van der Waals surface area contributed by atoms with Gasteiger partial charge < -0.3 is 15.8 Å². The third-order valence-electron chi connectivity index (χ3n) is 3.78. The molecule has 0 fully saturated rings. The van der Waals surface area contributed by atoms with E-state index in [4.69, 9.17) is 10.5 Å². The number of nitrogens with one attached hydrogen (secondary N) is 1. The Kier molecular flexibility index (Phi) is 5.58. The summed E-state index contributed by atoms with van der Waals surface area (Å²) in [5.74, 6) is -0.954. The number of para-hydroxylation sites is 1. The van der Waals surface area contributed by atoms with E-state index in [2.05, 4.69) is 5.32 Å². The predicted octanol–water partition coefficient (Wildman–Crippen LogP) is 2.75. The number of aryl methyl sites for hydroxylation is 2. The number of rotatable bonds is 5. The van der Waals surface area contributed by atoms with Crippen LogP contribution in [0.25, 0.3) is 0 Å². The fourth-order valence-corrected chi connectivity index (χ4v) is 2.18. The molecule has 3 N–H and O–H groups in total. The fourth-order valence-electron chi connectivity index (χ4n) is 2.18. The van der Waals surface area contributed by atoms with Crippen molar-refractivity contribution in [1.29, 1.82) is 0 Å². The van der Waals surface area contributed by atoms with Crippen molar-refractivity contribution in [2.45, 2.75) is 33.4 Å². The summed E-state index contributed by atoms with van der Waals surface area (Å²) >= 11 is 0. The lowest BCUT2D eigenvalue weighted by Crippen LogP contribution is -2.35. The van der Waals surface area contributed by atoms with Crippen molar-refractivity contribution in [3.63, 3.8) is 0 Å². The molecular weight excluding hydrogens is 304 g/mol. The first kappa shape index (κ1) is 17.5. The largest absolute Gasteiger partial charge is 0.449 e. The minimum atomic E-state index is -0.900. The van der Waals surface area contributed by atoms with Crippen LogP contribution in [0.2, 0.25) is 0 Å². The van der Waals surface area contributed by atoms with Crippen LogP contribution in [0.1, 0.15) is 34.0 Å². The number of nitrogen functional groups attached to an aromatic ring is 1. The Balaban J connectivity index is 1.92. The smallest absolute Gasteiger partial charge is 0.341 e. The summed E-state index contributed by atoms with van der Waals surface area (Å²) < 4.78 is 5.21. The highest BCUT2D eigenvalue weighted by atomic mass is 16.5. The van der Waals surface area contributed by atoms with Crippen molar-refractivity contribution >= 4 is 17.6 Å². The Morgan fingerprint density at radius 2 is 1.79 bits per heavy atom. The molecule has 0 heterocycles. The van der Waals surface area contributed by atoms with Crippen molar-refractivity contribution in [3.8, 4) is 0 Å². The number of ether oxygens (including phenoxy) is 1. The predicted molar refractivity (Wildman–Crippen MR) is 93.5 cm³/mol. The number of hydrogen-bond acceptors (Lipinski definition) is 4. The highest BCUT2D eigenvalue weighted by Crippen LogP contribution is 2.18. The molecule has 0 saturated heterocycles. The van der Waals surface area contributed by atoms with Gasteiger partial charge in [-0.3, -0.25) is 4.79 Å². The van der Waals surface area contributed by atoms with E-state index in [1.165, 1.54) is 6.92 Å². The van der Waals surface area contributed by atoms with Crippen LogP contribution in [0.5, 0.6) is 0 Å². The first-order valence-electron chi connectivity index (χ1n) is 7.78. The van der Waals surface area contributed by atoms with Crippen LogP contribution in [0, 0.1) is 13.8 Å². The lowest BCUT2D eigenvalue weighted by molar-refractivity contribution is -0.129. The van der Waals surface area contributed by atoms with Crippen molar-refractivity contribution in [3.05, 3.63) is 64.7 Å². The maximum atomic E-state index is 12.2. The Morgan fingerprint density at radius 3 is 2.46 bits per heavy atom. The van der Waals surface area contributed by atoms with Gasteiger partial charge in [-0.15, -0.1) is 0 Å². The number of amides is 1. The number of carbonyl (C=O) groups excluding carboxylic acids is 2. The van der Waals surface area contributed by atoms with Gasteiger partial charge in [0.15, 0.2) is 6.10 Å². The number of esters is 1. The first-order valence-corrected chi connectivity index (χ1v) is 7.78. The van der Waals surface area contributed by atoms with Crippen molar-refractivity contribution in [2.75, 3.05) is 5.73 Å². The molecule has 0 spiro atoms. The molecule has 5 nitrogen and oxygen atoms in total. The second kappa shape index (κ2) is 7.64. The van der Waals surface area contributed by atoms with Crippen LogP contribution in [-0.4, -0.2) is 18.0 Å². The second-order valence-electron chi connectivity index (χ2n) is 5.79. The number of benzene rings is 2. The molecule has 0 aliphatic heterocycles. The number of hydrogen-bond donors (Lipinski definition) is 2. The molecule has 0 bridgehead atoms. The minimum absolute atomic E-state index is 0.271. The van der Waals surface area contributed by atoms with Gasteiger partial charge in [-0.25, -0.2) is 4.79 Å². The third kappa shape index (κ3) is 4.35. The van der Waals surface area contributed by atoms with Gasteiger partial charge in [0.2, 0.25) is 0 Å². The molecule has 5 heteroatoms. The average molecular weight is 326 g/mol. The van der Waals surface area contributed by atoms with Crippen LogP contribution in [0.15, 0.2) is 42.5 Å². The monoisotopic (exact) mass is 326 g/mol. The summed E-state index contributed by atoms with van der Waals surface area (Å²) in [6, 6.07) is 13.0. The standard InChI is InChI=1S/C19H22N2O3/c1-12-7-9-15(10-8-12)11-21-18(22)14(3)24-19(23)16-6-4-5-13(2)17(16)20/h4-10,14H,11,20H2,1-3H3,(H,21,22)/t14-/m1/s1. The van der Waals surface area contributed by atoms with E-state index >= 15 is 0 Å². The maximum absolute atomic E-state index is 12.2. The molecule has 0 radical (unpaired) electrons. The summed E-state index contributed by atoms with van der Waals surface area (Å²) in [6.45, 7) is 5.73. The van der Waals surface area contributed by atoms with Gasteiger partial charge in [0.05, 0.1) is 5.56 Å². The second-order valence-corrected chi connectivity index (χ2v) is 5.79. The van der Waals surface area contributed by atoms with Gasteiger partial charge >= 0.3 is 5.97 Å². The van der Waals surface area contributed by atoms with Crippen LogP contribution < -0.4 is 11.1 Å². The topological polar surface area (TPSA) is 81.4 Å². The average Bonchev–Trinajstić information content (AvgIpc) is 2.56. The van der Waals surface area contributed by atoms with E-state index in [9.17, 15) is 9.59 Å². The molecule has 2 aromatic carbocycles. The summed E-state index contributed by atoms with van der Waals surface area (Å²) in [4.78, 5) is 24.2. The normalized spacial score (nSPS) is 11.6. The zero-order valence-electron chi connectivity index (χ0n) is 14.1. The molecule has 0 aliphatic carbocycles. The molecule has 1 amide bonds. The molecule has 24 heavy (non-hydrogen) atoms. The van der Waals surface area contributed by atoms with Gasteiger partial charge in [0, 0.05) is 12.2 Å². The summed E-state index contributed by atoms with van der Waals surface area (Å²) in [6.07, 6.45) is -0.900. The van der Waals surface area contributed by atoms with Gasteiger partial charge in [0.1, 0.15) is 0 Å². The van der Waals surface area contributed by atoms with E-state index in [1.807, 2.05) is 44.2 Å². The molecule has 0 saturated carbocycles. The van der Waals surface area contributed by atoms with Crippen molar-refractivity contribution in [1.82, 2.24) is 5.32 Å². The zero-order chi connectivity index (χ0) is 17.7. The maximum Gasteiger partial charge on any atom is 0.341 e. The number of nitrogens with two attached hydrogens (primary N) is 1. The van der Waals surface area contributed by atoms with E-state index in [0.29, 0.717) is 12.2 Å². The lowest BCUT2D eigenvalue weighted by atomic mass is 10.1. The molecule has 1 atom stereocenters. The minimum Gasteiger partial charge on any atom is -0.449 e. The van der Waals surface area contributed by atoms with E-state index < -0.39 is 12.1 Å². The van der Waals surface area contributed by atoms with Crippen molar-refractivity contribution < 1.29 is 14.3 Å². The molecular formula is C19H22N2O3. The number of carbonyl (C=O) groups is 2. The molecule has 0 aliphatic rings. The Bertz CT molecular complexity index is 739. The number of anilines is 1. The molecule has 126 valence electrons. The Hall–Kier alpha value is -2.82. The Labute approximate surface area is 141 Å². The highest BCUT2D eigenvalue weighted by molar-refractivity contribution is 5.97. The third-order valence-corrected chi connectivity index (χ3v) is 3.78. The Morgan fingerprint density at radius 1 is 1.12 bits per heavy atom. The van der Waals surface area contributed by atoms with Crippen LogP contribution >= 0.6 is 0 Å². The fraction of sp³-hybridized carbons (Fsp3) is 0.263. The molecule has 2 rings (SSSR count). The first-order chi connectivity index (χ1) is 11.4. The molecule has 0 unspecified atom stereocenters. The van der Waals surface area contributed by atoms with Crippen LogP contribution in [0.3, 0.4) is 0 Å². The SMILES string of the molecule is Cc1ccc(CNC(=O)[C@@H](C)OC(=O)c2cccc(C)c2N)cc1. The van der Waals surface area contributed by atoms with Crippen molar-refractivity contribution in [2.24, 2.45) is 0 Å². The highest BCUT2D eigenvalue weighted by Gasteiger charge is 2.20. The van der Waals surface area contributed by atoms with Gasteiger partial charge in [0.25, 0.3) is 5.91 Å². The molecule has 2 aromatic rings. The van der Waals surface area contributed by atoms with Gasteiger partial charge in [-0.1, -0.05) is 42.0 Å². The van der Waals surface area contributed by atoms with Crippen LogP contribution in [0.4, 0.5) is 5.69 Å². The van der Waals surface area contributed by atoms with E-state index in [0.717, 1.165) is 16.7 Å². The van der Waals surface area contributed by atoms with Gasteiger partial charge in [-0.2, -0.15) is 0 Å². The zero-order valence-corrected chi connectivity index (χ0v) is 14.1. The lowest BCUT2D eigenvalue weighted by Gasteiger charge is -2.15. The van der Waals surface area contributed by atoms with E-state index in [-0.39, 0.29) is 11.5 Å². The van der Waals surface area contributed by atoms with Gasteiger partial charge in [-0.05, 0) is 38.0 Å². The quantitative estimate of drug-likeness (QED) is 0.654. The van der Waals surface area contributed by atoms with Crippen LogP contribution in [-0.2, 0) is 16.1 Å².